The second-order valence-electron chi connectivity index (χ2n) is 11.0. The summed E-state index contributed by atoms with van der Waals surface area (Å²) in [5.74, 6) is 0.00578. The summed E-state index contributed by atoms with van der Waals surface area (Å²) >= 11 is 0. The Balaban J connectivity index is 1.15. The zero-order valence-corrected chi connectivity index (χ0v) is 25.4. The second-order valence-corrected chi connectivity index (χ2v) is 11.0. The van der Waals surface area contributed by atoms with Crippen molar-refractivity contribution < 1.29 is 18.9 Å². The molecule has 0 radical (unpaired) electrons. The minimum atomic E-state index is -0.697. The van der Waals surface area contributed by atoms with Crippen LogP contribution < -0.4 is 10.6 Å². The van der Waals surface area contributed by atoms with E-state index in [0.29, 0.717) is 30.2 Å². The van der Waals surface area contributed by atoms with Gasteiger partial charge in [-0.2, -0.15) is 0 Å². The lowest BCUT2D eigenvalue weighted by Crippen LogP contribution is -2.65. The minimum Gasteiger partial charge on any atom is -0.359 e. The third-order valence-electron chi connectivity index (χ3n) is 7.94. The van der Waals surface area contributed by atoms with Crippen molar-refractivity contribution in [1.82, 2.24) is 40.5 Å². The number of nitrogens with one attached hydrogen (secondary N) is 2. The van der Waals surface area contributed by atoms with E-state index in [0.717, 1.165) is 22.0 Å². The highest BCUT2D eigenvalue weighted by Gasteiger charge is 2.38. The summed E-state index contributed by atoms with van der Waals surface area (Å²) in [5, 5.41) is 11.0. The number of urea groups is 1. The van der Waals surface area contributed by atoms with Crippen molar-refractivity contribution in [2.75, 3.05) is 26.7 Å². The largest absolute Gasteiger partial charge is 0.359 e. The molecule has 1 saturated heterocycles. The van der Waals surface area contributed by atoms with Crippen LogP contribution in [-0.4, -0.2) is 80.5 Å². The Morgan fingerprint density at radius 3 is 2.59 bits per heavy atom. The van der Waals surface area contributed by atoms with Crippen molar-refractivity contribution in [2.24, 2.45) is 0 Å². The van der Waals surface area contributed by atoms with Gasteiger partial charge in [0.25, 0.3) is 0 Å². The maximum Gasteiger partial charge on any atom is 0.319 e. The van der Waals surface area contributed by atoms with Crippen LogP contribution in [0.15, 0.2) is 102 Å². The topological polar surface area (TPSA) is 137 Å². The number of carbonyl (C=O) groups excluding carboxylic acids is 3. The Bertz CT molecular complexity index is 1810. The monoisotopic (exact) mass is 618 g/mol. The SMILES string of the molecule is CN(C(=O)NCc1ccccc1)C1CN(Cc2cccc3ncccc23)C(=O)CN1C(=O)CNCc1cc(-c2ccccn2)no1. The molecule has 4 amide bonds. The number of fused-ring (bicyclic) bond motifs is 1. The number of benzene rings is 2. The number of amides is 4. The Morgan fingerprint density at radius 1 is 0.935 bits per heavy atom. The Labute approximate surface area is 266 Å². The van der Waals surface area contributed by atoms with E-state index < -0.39 is 6.17 Å². The van der Waals surface area contributed by atoms with E-state index in [2.05, 4.69) is 25.8 Å². The van der Waals surface area contributed by atoms with Crippen LogP contribution in [0.25, 0.3) is 22.3 Å². The van der Waals surface area contributed by atoms with E-state index >= 15 is 0 Å². The van der Waals surface area contributed by atoms with Gasteiger partial charge in [0.15, 0.2) is 5.76 Å². The highest BCUT2D eigenvalue weighted by atomic mass is 16.5. The summed E-state index contributed by atoms with van der Waals surface area (Å²) in [4.78, 5) is 53.8. The number of hydrogen-bond donors (Lipinski definition) is 2. The van der Waals surface area contributed by atoms with Gasteiger partial charge in [0, 0.05) is 44.0 Å². The molecule has 0 bridgehead atoms. The lowest BCUT2D eigenvalue weighted by atomic mass is 10.1. The fourth-order valence-electron chi connectivity index (χ4n) is 5.46. The standard InChI is InChI=1S/C34H34N8O4/c1-40(34(45)38-18-24-9-3-2-4-10-24)31-22-41(21-25-11-7-14-28-27(25)12-8-16-36-28)33(44)23-42(31)32(43)20-35-19-26-17-30(39-46-26)29-13-5-6-15-37-29/h2-17,31,35H,18-23H2,1H3,(H,38,45). The van der Waals surface area contributed by atoms with Crippen LogP contribution in [0.5, 0.6) is 0 Å². The average Bonchev–Trinajstić information content (AvgIpc) is 3.57. The molecule has 12 nitrogen and oxygen atoms in total. The van der Waals surface area contributed by atoms with Gasteiger partial charge in [0.1, 0.15) is 18.4 Å². The summed E-state index contributed by atoms with van der Waals surface area (Å²) in [6, 6.07) is 26.1. The van der Waals surface area contributed by atoms with Gasteiger partial charge < -0.3 is 29.9 Å². The summed E-state index contributed by atoms with van der Waals surface area (Å²) in [7, 11) is 1.64. The van der Waals surface area contributed by atoms with E-state index in [1.165, 1.54) is 9.80 Å². The van der Waals surface area contributed by atoms with E-state index in [1.807, 2.05) is 78.9 Å². The maximum atomic E-state index is 13.6. The van der Waals surface area contributed by atoms with Crippen molar-refractivity contribution in [3.8, 4) is 11.4 Å². The molecule has 4 heterocycles. The third kappa shape index (κ3) is 7.02. The van der Waals surface area contributed by atoms with Gasteiger partial charge in [-0.05, 0) is 35.4 Å². The maximum absolute atomic E-state index is 13.6. The van der Waals surface area contributed by atoms with Gasteiger partial charge in [-0.1, -0.05) is 59.8 Å². The number of nitrogens with zero attached hydrogens (tertiary/aromatic N) is 6. The molecule has 0 saturated carbocycles. The zero-order chi connectivity index (χ0) is 31.9. The zero-order valence-electron chi connectivity index (χ0n) is 25.4. The molecule has 234 valence electrons. The summed E-state index contributed by atoms with van der Waals surface area (Å²) in [6.07, 6.45) is 2.71. The van der Waals surface area contributed by atoms with E-state index in [1.54, 1.807) is 30.4 Å². The molecule has 1 fully saturated rings. The van der Waals surface area contributed by atoms with Crippen molar-refractivity contribution >= 4 is 28.7 Å². The first-order valence-electron chi connectivity index (χ1n) is 15.0. The quantitative estimate of drug-likeness (QED) is 0.243. The van der Waals surface area contributed by atoms with Crippen LogP contribution in [0.1, 0.15) is 16.9 Å². The third-order valence-corrected chi connectivity index (χ3v) is 7.94. The van der Waals surface area contributed by atoms with Crippen LogP contribution in [0, 0.1) is 0 Å². The van der Waals surface area contributed by atoms with E-state index in [9.17, 15) is 14.4 Å². The van der Waals surface area contributed by atoms with Crippen LogP contribution in [0.3, 0.4) is 0 Å². The van der Waals surface area contributed by atoms with Gasteiger partial charge in [0.05, 0.1) is 30.8 Å². The number of rotatable bonds is 10. The van der Waals surface area contributed by atoms with Gasteiger partial charge in [-0.25, -0.2) is 4.79 Å². The molecule has 2 aromatic carbocycles. The molecular weight excluding hydrogens is 584 g/mol. The summed E-state index contributed by atoms with van der Waals surface area (Å²) in [5.41, 5.74) is 3.99. The molecule has 0 aliphatic carbocycles. The van der Waals surface area contributed by atoms with Crippen molar-refractivity contribution in [1.29, 1.82) is 0 Å². The first-order chi connectivity index (χ1) is 22.5. The number of carbonyl (C=O) groups is 3. The average molecular weight is 619 g/mol. The lowest BCUT2D eigenvalue weighted by Gasteiger charge is -2.44. The van der Waals surface area contributed by atoms with Gasteiger partial charge in [-0.3, -0.25) is 19.6 Å². The molecule has 0 spiro atoms. The van der Waals surface area contributed by atoms with Gasteiger partial charge in [0.2, 0.25) is 11.8 Å². The van der Waals surface area contributed by atoms with Crippen molar-refractivity contribution in [3.63, 3.8) is 0 Å². The Kier molecular flexibility index (Phi) is 9.25. The smallest absolute Gasteiger partial charge is 0.319 e. The predicted molar refractivity (Wildman–Crippen MR) is 171 cm³/mol. The number of aromatic nitrogens is 3. The molecule has 3 aromatic heterocycles. The number of likely N-dealkylation sites (N-methyl/N-ethyl adjacent to an activating group) is 1. The number of piperazine rings is 1. The van der Waals surface area contributed by atoms with Crippen molar-refractivity contribution in [2.45, 2.75) is 25.8 Å². The molecule has 1 atom stereocenters. The molecular formula is C34H34N8O4. The van der Waals surface area contributed by atoms with Gasteiger partial charge in [-0.15, -0.1) is 0 Å². The Hall–Kier alpha value is -5.62. The first-order valence-corrected chi connectivity index (χ1v) is 15.0. The normalized spacial score (nSPS) is 14.8. The summed E-state index contributed by atoms with van der Waals surface area (Å²) < 4.78 is 5.41. The highest BCUT2D eigenvalue weighted by Crippen LogP contribution is 2.22. The highest BCUT2D eigenvalue weighted by molar-refractivity contribution is 5.88. The fraction of sp³-hybridized carbons (Fsp3) is 0.235. The van der Waals surface area contributed by atoms with E-state index in [4.69, 9.17) is 4.52 Å². The van der Waals surface area contributed by atoms with Crippen LogP contribution >= 0.6 is 0 Å². The molecule has 1 aliphatic rings. The number of pyridine rings is 2. The van der Waals surface area contributed by atoms with Crippen LogP contribution in [-0.2, 0) is 29.2 Å². The van der Waals surface area contributed by atoms with Crippen LogP contribution in [0.4, 0.5) is 4.79 Å². The molecule has 1 unspecified atom stereocenters. The molecule has 2 N–H and O–H groups in total. The number of hydrogen-bond acceptors (Lipinski definition) is 8. The molecule has 12 heteroatoms. The Morgan fingerprint density at radius 2 is 1.76 bits per heavy atom. The van der Waals surface area contributed by atoms with Crippen LogP contribution in [0.2, 0.25) is 0 Å². The predicted octanol–water partition coefficient (Wildman–Crippen LogP) is 3.41. The fourth-order valence-corrected chi connectivity index (χ4v) is 5.46. The first kappa shape index (κ1) is 30.4. The molecule has 6 rings (SSSR count). The van der Waals surface area contributed by atoms with Gasteiger partial charge >= 0.3 is 6.03 Å². The summed E-state index contributed by atoms with van der Waals surface area (Å²) in [6.45, 7) is 0.797. The second kappa shape index (κ2) is 14.0. The minimum absolute atomic E-state index is 0.0716. The molecule has 5 aromatic rings. The lowest BCUT2D eigenvalue weighted by molar-refractivity contribution is -0.153. The van der Waals surface area contributed by atoms with E-state index in [-0.39, 0.29) is 44.0 Å². The molecule has 46 heavy (non-hydrogen) atoms. The molecule has 1 aliphatic heterocycles. The van der Waals surface area contributed by atoms with Crippen molar-refractivity contribution in [3.05, 3.63) is 114 Å².